The van der Waals surface area contributed by atoms with Crippen LogP contribution in [0.25, 0.3) is 0 Å². The topological polar surface area (TPSA) is 54.4 Å². The second-order valence-electron chi connectivity index (χ2n) is 4.89. The van der Waals surface area contributed by atoms with Crippen molar-refractivity contribution in [3.05, 3.63) is 64.7 Å². The molecule has 104 valence electrons. The molecule has 0 heterocycles. The van der Waals surface area contributed by atoms with E-state index < -0.39 is 21.2 Å². The summed E-state index contributed by atoms with van der Waals surface area (Å²) < 4.78 is 25.2. The lowest BCUT2D eigenvalue weighted by molar-refractivity contribution is 0.182. The molecule has 5 heteroatoms. The first-order valence-electron chi connectivity index (χ1n) is 6.25. The van der Waals surface area contributed by atoms with Crippen LogP contribution in [0, 0.1) is 0 Å². The van der Waals surface area contributed by atoms with Crippen LogP contribution in [-0.4, -0.2) is 18.8 Å². The van der Waals surface area contributed by atoms with Gasteiger partial charge in [0.25, 0.3) is 0 Å². The number of hydrogen-bond acceptors (Lipinski definition) is 3. The highest BCUT2D eigenvalue weighted by atomic mass is 35.5. The minimum atomic E-state index is -3.58. The van der Waals surface area contributed by atoms with E-state index in [1.807, 2.05) is 12.1 Å². The normalized spacial score (nSPS) is 21.7. The summed E-state index contributed by atoms with van der Waals surface area (Å²) in [5.41, 5.74) is 1.59. The van der Waals surface area contributed by atoms with Gasteiger partial charge in [0.05, 0.1) is 16.2 Å². The molecule has 3 nitrogen and oxygen atoms in total. The predicted molar refractivity (Wildman–Crippen MR) is 77.5 cm³/mol. The van der Waals surface area contributed by atoms with E-state index >= 15 is 0 Å². The Hall–Kier alpha value is -1.36. The largest absolute Gasteiger partial charge is 0.387 e. The van der Waals surface area contributed by atoms with Crippen LogP contribution in [0.2, 0.25) is 5.02 Å². The van der Waals surface area contributed by atoms with Gasteiger partial charge in [0.1, 0.15) is 0 Å². The van der Waals surface area contributed by atoms with Crippen molar-refractivity contribution >= 4 is 21.4 Å². The lowest BCUT2D eigenvalue weighted by Gasteiger charge is -2.16. The van der Waals surface area contributed by atoms with E-state index in [1.165, 1.54) is 12.1 Å². The van der Waals surface area contributed by atoms with E-state index in [-0.39, 0.29) is 4.90 Å². The predicted octanol–water partition coefficient (Wildman–Crippen LogP) is 2.77. The zero-order valence-electron chi connectivity index (χ0n) is 10.5. The van der Waals surface area contributed by atoms with Gasteiger partial charge in [-0.2, -0.15) is 0 Å². The number of fused-ring (bicyclic) bond motifs is 1. The summed E-state index contributed by atoms with van der Waals surface area (Å²) in [6.45, 7) is 0. The van der Waals surface area contributed by atoms with Crippen LogP contribution >= 0.6 is 11.6 Å². The first kappa shape index (κ1) is 13.6. The minimum Gasteiger partial charge on any atom is -0.387 e. The summed E-state index contributed by atoms with van der Waals surface area (Å²) in [5, 5.41) is 9.94. The Morgan fingerprint density at radius 2 is 1.70 bits per heavy atom. The third kappa shape index (κ3) is 2.14. The highest BCUT2D eigenvalue weighted by Crippen LogP contribution is 2.37. The molecule has 0 saturated heterocycles. The van der Waals surface area contributed by atoms with Crippen molar-refractivity contribution in [1.29, 1.82) is 0 Å². The van der Waals surface area contributed by atoms with Crippen molar-refractivity contribution in [3.63, 3.8) is 0 Å². The molecule has 2 atom stereocenters. The van der Waals surface area contributed by atoms with Gasteiger partial charge in [-0.1, -0.05) is 35.9 Å². The van der Waals surface area contributed by atoms with Crippen LogP contribution in [0.4, 0.5) is 0 Å². The number of rotatable bonds is 2. The first-order valence-corrected chi connectivity index (χ1v) is 8.18. The van der Waals surface area contributed by atoms with Crippen molar-refractivity contribution in [2.75, 3.05) is 0 Å². The minimum absolute atomic E-state index is 0.193. The molecule has 2 aromatic rings. The van der Waals surface area contributed by atoms with E-state index in [0.29, 0.717) is 17.0 Å². The highest BCUT2D eigenvalue weighted by molar-refractivity contribution is 7.92. The van der Waals surface area contributed by atoms with Gasteiger partial charge in [-0.15, -0.1) is 0 Å². The smallest absolute Gasteiger partial charge is 0.184 e. The molecule has 1 aliphatic carbocycles. The fourth-order valence-corrected chi connectivity index (χ4v) is 4.49. The van der Waals surface area contributed by atoms with Gasteiger partial charge in [0.2, 0.25) is 0 Å². The van der Waals surface area contributed by atoms with Gasteiger partial charge < -0.3 is 5.11 Å². The fraction of sp³-hybridized carbons (Fsp3) is 0.200. The zero-order chi connectivity index (χ0) is 14.3. The van der Waals surface area contributed by atoms with Gasteiger partial charge in [0, 0.05) is 5.02 Å². The maximum atomic E-state index is 12.6. The molecule has 0 fully saturated rings. The maximum Gasteiger partial charge on any atom is 0.184 e. The van der Waals surface area contributed by atoms with Crippen molar-refractivity contribution in [2.24, 2.45) is 0 Å². The molecule has 0 spiro atoms. The third-order valence-electron chi connectivity index (χ3n) is 3.69. The average molecular weight is 309 g/mol. The van der Waals surface area contributed by atoms with E-state index in [4.69, 9.17) is 11.6 Å². The summed E-state index contributed by atoms with van der Waals surface area (Å²) in [6.07, 6.45) is -0.644. The number of aliphatic hydroxyl groups is 1. The highest BCUT2D eigenvalue weighted by Gasteiger charge is 2.40. The second-order valence-corrected chi connectivity index (χ2v) is 7.49. The lowest BCUT2D eigenvalue weighted by atomic mass is 10.1. The van der Waals surface area contributed by atoms with Crippen LogP contribution in [0.1, 0.15) is 17.2 Å². The summed E-state index contributed by atoms with van der Waals surface area (Å²) in [4.78, 5) is 0.193. The SMILES string of the molecule is O=S(=O)(c1ccc(Cl)cc1)[C@H]1Cc2ccccc2[C@H]1O. The third-order valence-corrected chi connectivity index (χ3v) is 6.09. The van der Waals surface area contributed by atoms with Crippen molar-refractivity contribution < 1.29 is 13.5 Å². The molecule has 0 amide bonds. The van der Waals surface area contributed by atoms with Crippen LogP contribution < -0.4 is 0 Å². The van der Waals surface area contributed by atoms with Crippen molar-refractivity contribution in [3.8, 4) is 0 Å². The summed E-state index contributed by atoms with van der Waals surface area (Å²) >= 11 is 5.78. The number of aliphatic hydroxyl groups excluding tert-OH is 1. The van der Waals surface area contributed by atoms with Crippen LogP contribution in [-0.2, 0) is 16.3 Å². The van der Waals surface area contributed by atoms with E-state index in [2.05, 4.69) is 0 Å². The van der Waals surface area contributed by atoms with Gasteiger partial charge in [-0.3, -0.25) is 0 Å². The molecule has 0 aromatic heterocycles. The molecule has 0 saturated carbocycles. The number of hydrogen-bond donors (Lipinski definition) is 1. The molecule has 0 bridgehead atoms. The summed E-state index contributed by atoms with van der Waals surface area (Å²) in [6, 6.07) is 13.3. The first-order chi connectivity index (χ1) is 9.50. The molecular weight excluding hydrogens is 296 g/mol. The second kappa shape index (κ2) is 4.88. The molecular formula is C15H13ClO3S. The van der Waals surface area contributed by atoms with Crippen LogP contribution in [0.15, 0.2) is 53.4 Å². The number of sulfone groups is 1. The summed E-state index contributed by atoms with van der Waals surface area (Å²) in [5.74, 6) is 0. The molecule has 1 aliphatic rings. The standard InChI is InChI=1S/C15H13ClO3S/c16-11-5-7-12(8-6-11)20(18,19)14-9-10-3-1-2-4-13(10)15(14)17/h1-8,14-15,17H,9H2/t14-,15+/m0/s1. The van der Waals surface area contributed by atoms with Crippen LogP contribution in [0.5, 0.6) is 0 Å². The summed E-state index contributed by atoms with van der Waals surface area (Å²) in [7, 11) is -3.58. The number of halogens is 1. The Balaban J connectivity index is 2.00. The van der Waals surface area contributed by atoms with Crippen molar-refractivity contribution in [1.82, 2.24) is 0 Å². The molecule has 0 unspecified atom stereocenters. The van der Waals surface area contributed by atoms with Crippen LogP contribution in [0.3, 0.4) is 0 Å². The van der Waals surface area contributed by atoms with Crippen molar-refractivity contribution in [2.45, 2.75) is 22.7 Å². The quantitative estimate of drug-likeness (QED) is 0.928. The molecule has 1 N–H and O–H groups in total. The van der Waals surface area contributed by atoms with E-state index in [0.717, 1.165) is 5.56 Å². The average Bonchev–Trinajstić information content (AvgIpc) is 2.78. The molecule has 2 aromatic carbocycles. The Morgan fingerprint density at radius 1 is 1.05 bits per heavy atom. The Labute approximate surface area is 122 Å². The Kier molecular flexibility index (Phi) is 3.32. The molecule has 0 radical (unpaired) electrons. The van der Waals surface area contributed by atoms with Gasteiger partial charge in [-0.05, 0) is 41.8 Å². The zero-order valence-corrected chi connectivity index (χ0v) is 12.1. The molecule has 3 rings (SSSR count). The molecule has 20 heavy (non-hydrogen) atoms. The maximum absolute atomic E-state index is 12.6. The van der Waals surface area contributed by atoms with Gasteiger partial charge in [0.15, 0.2) is 9.84 Å². The monoisotopic (exact) mass is 308 g/mol. The van der Waals surface area contributed by atoms with E-state index in [1.54, 1.807) is 24.3 Å². The Morgan fingerprint density at radius 3 is 2.35 bits per heavy atom. The van der Waals surface area contributed by atoms with E-state index in [9.17, 15) is 13.5 Å². The lowest BCUT2D eigenvalue weighted by Crippen LogP contribution is -2.25. The van der Waals surface area contributed by atoms with Gasteiger partial charge in [-0.25, -0.2) is 8.42 Å². The molecule has 0 aliphatic heterocycles. The number of benzene rings is 2. The Bertz CT molecular complexity index is 738. The fourth-order valence-electron chi connectivity index (χ4n) is 2.62. The van der Waals surface area contributed by atoms with Gasteiger partial charge >= 0.3 is 0 Å².